The quantitative estimate of drug-likeness (QED) is 0.627. The first-order chi connectivity index (χ1) is 4.80. The molecule has 1 aliphatic carbocycles. The Morgan fingerprint density at radius 2 is 1.55 bits per heavy atom. The fourth-order valence-corrected chi connectivity index (χ4v) is 1.53. The fourth-order valence-electron chi connectivity index (χ4n) is 1.53. The van der Waals surface area contributed by atoms with E-state index >= 15 is 0 Å². The molecule has 1 fully saturated rings. The summed E-state index contributed by atoms with van der Waals surface area (Å²) in [5, 5.41) is 8.66. The zero-order valence-electron chi connectivity index (χ0n) is 6.58. The Morgan fingerprint density at radius 1 is 1.09 bits per heavy atom. The molecule has 0 aromatic carbocycles. The average molecular weight is 179 g/mol. The Labute approximate surface area is 73.4 Å². The maximum absolute atomic E-state index is 10.5. The lowest BCUT2D eigenvalue weighted by molar-refractivity contribution is -0.142. The van der Waals surface area contributed by atoms with Crippen LogP contribution in [0, 0.1) is 5.92 Å². The number of carboxylic acids is 1. The highest BCUT2D eigenvalue weighted by molar-refractivity contribution is 5.85. The van der Waals surface area contributed by atoms with E-state index in [-0.39, 0.29) is 18.3 Å². The lowest BCUT2D eigenvalue weighted by Crippen LogP contribution is -2.11. The number of carboxylic acid groups (broad SMARTS) is 1. The predicted molar refractivity (Wildman–Crippen MR) is 46.1 cm³/mol. The van der Waals surface area contributed by atoms with Gasteiger partial charge >= 0.3 is 5.97 Å². The van der Waals surface area contributed by atoms with Crippen molar-refractivity contribution in [2.24, 2.45) is 5.92 Å². The zero-order chi connectivity index (χ0) is 7.40. The van der Waals surface area contributed by atoms with Crippen molar-refractivity contribution >= 4 is 18.4 Å². The van der Waals surface area contributed by atoms with Crippen molar-refractivity contribution in [2.75, 3.05) is 0 Å². The third-order valence-electron chi connectivity index (χ3n) is 2.20. The molecule has 0 aromatic heterocycles. The minimum Gasteiger partial charge on any atom is -0.481 e. The summed E-state index contributed by atoms with van der Waals surface area (Å²) in [6.07, 6.45) is 6.46. The second-order valence-electron chi connectivity index (χ2n) is 3.03. The summed E-state index contributed by atoms with van der Waals surface area (Å²) >= 11 is 0. The third kappa shape index (κ3) is 3.61. The molecule has 1 saturated carbocycles. The summed E-state index contributed by atoms with van der Waals surface area (Å²) in [6.45, 7) is 0. The van der Waals surface area contributed by atoms with Gasteiger partial charge in [0.2, 0.25) is 0 Å². The molecule has 1 aliphatic rings. The smallest absolute Gasteiger partial charge is 0.306 e. The highest BCUT2D eigenvalue weighted by Gasteiger charge is 2.18. The molecule has 0 saturated heterocycles. The number of aliphatic carboxylic acids is 1. The highest BCUT2D eigenvalue weighted by atomic mass is 35.5. The number of hydrogen-bond acceptors (Lipinski definition) is 1. The molecule has 0 amide bonds. The van der Waals surface area contributed by atoms with Gasteiger partial charge in [0.05, 0.1) is 5.92 Å². The SMILES string of the molecule is Cl.O=C(O)C1CCCCCC1. The van der Waals surface area contributed by atoms with Crippen LogP contribution in [0.3, 0.4) is 0 Å². The molecule has 0 aromatic rings. The zero-order valence-corrected chi connectivity index (χ0v) is 7.40. The first-order valence-electron chi connectivity index (χ1n) is 4.03. The lowest BCUT2D eigenvalue weighted by Gasteiger charge is -2.05. The van der Waals surface area contributed by atoms with Gasteiger partial charge in [-0.3, -0.25) is 4.79 Å². The molecule has 0 spiro atoms. The molecule has 0 unspecified atom stereocenters. The molecular formula is C8H15ClO2. The van der Waals surface area contributed by atoms with Crippen LogP contribution >= 0.6 is 12.4 Å². The molecular weight excluding hydrogens is 164 g/mol. The monoisotopic (exact) mass is 178 g/mol. The summed E-state index contributed by atoms with van der Waals surface area (Å²) in [7, 11) is 0. The Morgan fingerprint density at radius 3 is 1.91 bits per heavy atom. The van der Waals surface area contributed by atoms with Gasteiger partial charge in [0.1, 0.15) is 0 Å². The van der Waals surface area contributed by atoms with Crippen molar-refractivity contribution in [2.45, 2.75) is 38.5 Å². The van der Waals surface area contributed by atoms with Gasteiger partial charge in [-0.2, -0.15) is 0 Å². The van der Waals surface area contributed by atoms with Crippen molar-refractivity contribution in [3.63, 3.8) is 0 Å². The van der Waals surface area contributed by atoms with Crippen LogP contribution in [-0.2, 0) is 4.79 Å². The average Bonchev–Trinajstić information content (AvgIpc) is 2.12. The number of halogens is 1. The maximum atomic E-state index is 10.5. The van der Waals surface area contributed by atoms with Gasteiger partial charge in [-0.15, -0.1) is 12.4 Å². The lowest BCUT2D eigenvalue weighted by atomic mass is 10.0. The largest absolute Gasteiger partial charge is 0.481 e. The van der Waals surface area contributed by atoms with Crippen LogP contribution in [0.1, 0.15) is 38.5 Å². The van der Waals surface area contributed by atoms with Crippen LogP contribution < -0.4 is 0 Å². The molecule has 0 aliphatic heterocycles. The van der Waals surface area contributed by atoms with Crippen LogP contribution in [0.25, 0.3) is 0 Å². The molecule has 0 heterocycles. The van der Waals surface area contributed by atoms with E-state index in [1.807, 2.05) is 0 Å². The van der Waals surface area contributed by atoms with E-state index < -0.39 is 5.97 Å². The first-order valence-corrected chi connectivity index (χ1v) is 4.03. The van der Waals surface area contributed by atoms with Gasteiger partial charge in [0.25, 0.3) is 0 Å². The van der Waals surface area contributed by atoms with E-state index in [0.717, 1.165) is 25.7 Å². The van der Waals surface area contributed by atoms with Gasteiger partial charge in [0.15, 0.2) is 0 Å². The van der Waals surface area contributed by atoms with Crippen molar-refractivity contribution < 1.29 is 9.90 Å². The molecule has 0 radical (unpaired) electrons. The normalized spacial score (nSPS) is 20.0. The fraction of sp³-hybridized carbons (Fsp3) is 0.875. The van der Waals surface area contributed by atoms with Crippen LogP contribution in [0.5, 0.6) is 0 Å². The van der Waals surface area contributed by atoms with E-state index in [0.29, 0.717) is 0 Å². The molecule has 2 nitrogen and oxygen atoms in total. The third-order valence-corrected chi connectivity index (χ3v) is 2.20. The van der Waals surface area contributed by atoms with Crippen LogP contribution in [0.15, 0.2) is 0 Å². The van der Waals surface area contributed by atoms with Gasteiger partial charge in [0, 0.05) is 0 Å². The summed E-state index contributed by atoms with van der Waals surface area (Å²) in [5.74, 6) is -0.635. The Balaban J connectivity index is 0.000001000. The van der Waals surface area contributed by atoms with Crippen molar-refractivity contribution in [1.29, 1.82) is 0 Å². The Kier molecular flexibility index (Phi) is 5.30. The van der Waals surface area contributed by atoms with Gasteiger partial charge in [-0.1, -0.05) is 25.7 Å². The van der Waals surface area contributed by atoms with E-state index in [2.05, 4.69) is 0 Å². The first kappa shape index (κ1) is 10.8. The molecule has 66 valence electrons. The molecule has 11 heavy (non-hydrogen) atoms. The second-order valence-corrected chi connectivity index (χ2v) is 3.03. The molecule has 0 bridgehead atoms. The van der Waals surface area contributed by atoms with Gasteiger partial charge in [-0.05, 0) is 12.8 Å². The minimum atomic E-state index is -0.595. The molecule has 3 heteroatoms. The summed E-state index contributed by atoms with van der Waals surface area (Å²) in [6, 6.07) is 0. The van der Waals surface area contributed by atoms with Crippen LogP contribution in [0.4, 0.5) is 0 Å². The van der Waals surface area contributed by atoms with Crippen molar-refractivity contribution in [3.05, 3.63) is 0 Å². The summed E-state index contributed by atoms with van der Waals surface area (Å²) < 4.78 is 0. The van der Waals surface area contributed by atoms with Gasteiger partial charge in [-0.25, -0.2) is 0 Å². The number of rotatable bonds is 1. The summed E-state index contributed by atoms with van der Waals surface area (Å²) in [4.78, 5) is 10.5. The van der Waals surface area contributed by atoms with Crippen molar-refractivity contribution in [3.8, 4) is 0 Å². The number of carbonyl (C=O) groups is 1. The standard InChI is InChI=1S/C8H14O2.ClH/c9-8(10)7-5-3-1-2-4-6-7;/h7H,1-6H2,(H,9,10);1H. The topological polar surface area (TPSA) is 37.3 Å². The number of hydrogen-bond donors (Lipinski definition) is 1. The van der Waals surface area contributed by atoms with E-state index in [9.17, 15) is 4.79 Å². The molecule has 1 rings (SSSR count). The van der Waals surface area contributed by atoms with Gasteiger partial charge < -0.3 is 5.11 Å². The Bertz CT molecular complexity index is 117. The molecule has 0 atom stereocenters. The van der Waals surface area contributed by atoms with E-state index in [1.165, 1.54) is 12.8 Å². The van der Waals surface area contributed by atoms with Crippen LogP contribution in [-0.4, -0.2) is 11.1 Å². The van der Waals surface area contributed by atoms with E-state index in [1.54, 1.807) is 0 Å². The minimum absolute atomic E-state index is 0. The van der Waals surface area contributed by atoms with E-state index in [4.69, 9.17) is 5.11 Å². The second kappa shape index (κ2) is 5.42. The predicted octanol–water partition coefficient (Wildman–Crippen LogP) is 2.46. The summed E-state index contributed by atoms with van der Waals surface area (Å²) in [5.41, 5.74) is 0. The highest BCUT2D eigenvalue weighted by Crippen LogP contribution is 2.22. The maximum Gasteiger partial charge on any atom is 0.306 e. The Hall–Kier alpha value is -0.240. The van der Waals surface area contributed by atoms with Crippen LogP contribution in [0.2, 0.25) is 0 Å². The van der Waals surface area contributed by atoms with Crippen molar-refractivity contribution in [1.82, 2.24) is 0 Å². The molecule has 1 N–H and O–H groups in total.